The number of halogens is 5. The molecular formula is C24H13F5N2O4S. The zero-order valence-corrected chi connectivity index (χ0v) is 19.0. The molecule has 0 aliphatic carbocycles. The summed E-state index contributed by atoms with van der Waals surface area (Å²) in [5, 5.41) is 4.27. The van der Waals surface area contributed by atoms with E-state index < -0.39 is 40.0 Å². The van der Waals surface area contributed by atoms with Crippen LogP contribution in [0.3, 0.4) is 0 Å². The smallest absolute Gasteiger partial charge is 0.345 e. The summed E-state index contributed by atoms with van der Waals surface area (Å²) in [7, 11) is 0. The number of aryl methyl sites for hydroxylation is 1. The zero-order valence-electron chi connectivity index (χ0n) is 18.2. The van der Waals surface area contributed by atoms with Gasteiger partial charge in [0, 0.05) is 0 Å². The molecule has 1 aromatic heterocycles. The number of esters is 1. The van der Waals surface area contributed by atoms with Gasteiger partial charge in [0.15, 0.2) is 34.8 Å². The molecule has 0 unspecified atom stereocenters. The summed E-state index contributed by atoms with van der Waals surface area (Å²) in [4.78, 5) is 11.7. The van der Waals surface area contributed by atoms with Crippen LogP contribution in [0.15, 0.2) is 58.3 Å². The van der Waals surface area contributed by atoms with E-state index in [0.29, 0.717) is 17.2 Å². The van der Waals surface area contributed by atoms with Crippen molar-refractivity contribution in [2.24, 2.45) is 0 Å². The van der Waals surface area contributed by atoms with Gasteiger partial charge in [0.2, 0.25) is 18.5 Å². The monoisotopic (exact) mass is 520 g/mol. The van der Waals surface area contributed by atoms with Gasteiger partial charge in [0.1, 0.15) is 0 Å². The minimum atomic E-state index is -2.28. The predicted octanol–water partition coefficient (Wildman–Crippen LogP) is 5.98. The number of carbonyl (C=O) groups is 1. The highest BCUT2D eigenvalue weighted by Gasteiger charge is 2.30. The standard InChI is InChI=1S/C24H13F5N2O4S/c1-11-21(36-22-19(28)17(26)16(25)18(27)20(22)29)23(31(30-11)13-5-3-2-4-6-13)35-24(32)12-7-8-14-15(9-12)34-10-33-14/h2-9H,10H2,1H3. The molecular weight excluding hydrogens is 507 g/mol. The minimum absolute atomic E-state index is 0.0173. The van der Waals surface area contributed by atoms with Gasteiger partial charge in [-0.1, -0.05) is 30.0 Å². The van der Waals surface area contributed by atoms with Crippen LogP contribution in [0.1, 0.15) is 16.1 Å². The Morgan fingerprint density at radius 1 is 0.889 bits per heavy atom. The fourth-order valence-corrected chi connectivity index (χ4v) is 4.36. The molecule has 4 aromatic rings. The lowest BCUT2D eigenvalue weighted by Gasteiger charge is -2.12. The lowest BCUT2D eigenvalue weighted by atomic mass is 10.2. The number of nitrogens with zero attached hydrogens (tertiary/aromatic N) is 2. The first-order valence-electron chi connectivity index (χ1n) is 10.2. The van der Waals surface area contributed by atoms with Crippen LogP contribution in [0, 0.1) is 36.0 Å². The van der Waals surface area contributed by atoms with Gasteiger partial charge in [-0.15, -0.1) is 0 Å². The van der Waals surface area contributed by atoms with E-state index in [2.05, 4.69) is 5.10 Å². The highest BCUT2D eigenvalue weighted by molar-refractivity contribution is 7.99. The van der Waals surface area contributed by atoms with E-state index in [9.17, 15) is 26.7 Å². The number of ether oxygens (including phenoxy) is 3. The molecule has 0 radical (unpaired) electrons. The number of benzene rings is 3. The molecule has 2 heterocycles. The molecule has 0 saturated heterocycles. The highest BCUT2D eigenvalue weighted by atomic mass is 32.2. The summed E-state index contributed by atoms with van der Waals surface area (Å²) in [6.07, 6.45) is 0. The van der Waals surface area contributed by atoms with Crippen molar-refractivity contribution in [2.45, 2.75) is 16.7 Å². The quantitative estimate of drug-likeness (QED) is 0.140. The maximum atomic E-state index is 14.4. The van der Waals surface area contributed by atoms with Gasteiger partial charge >= 0.3 is 5.97 Å². The first kappa shape index (κ1) is 23.7. The van der Waals surface area contributed by atoms with Crippen LogP contribution in [0.2, 0.25) is 0 Å². The molecule has 1 aliphatic heterocycles. The summed E-state index contributed by atoms with van der Waals surface area (Å²) < 4.78 is 87.3. The summed E-state index contributed by atoms with van der Waals surface area (Å²) >= 11 is 0.202. The Balaban J connectivity index is 1.60. The van der Waals surface area contributed by atoms with E-state index >= 15 is 0 Å². The summed E-state index contributed by atoms with van der Waals surface area (Å²) in [6, 6.07) is 12.6. The van der Waals surface area contributed by atoms with Gasteiger partial charge in [-0.3, -0.25) is 0 Å². The zero-order chi connectivity index (χ0) is 25.6. The maximum absolute atomic E-state index is 14.4. The van der Waals surface area contributed by atoms with Crippen molar-refractivity contribution in [2.75, 3.05) is 6.79 Å². The van der Waals surface area contributed by atoms with Crippen molar-refractivity contribution in [3.8, 4) is 23.1 Å². The predicted molar refractivity (Wildman–Crippen MR) is 116 cm³/mol. The third kappa shape index (κ3) is 4.02. The topological polar surface area (TPSA) is 62.6 Å². The van der Waals surface area contributed by atoms with Crippen molar-refractivity contribution in [3.05, 3.63) is 88.9 Å². The molecule has 184 valence electrons. The second kappa shape index (κ2) is 9.19. The average molecular weight is 520 g/mol. The second-order valence-corrected chi connectivity index (χ2v) is 8.45. The van der Waals surface area contributed by atoms with Crippen LogP contribution in [0.4, 0.5) is 22.0 Å². The molecule has 3 aromatic carbocycles. The van der Waals surface area contributed by atoms with Gasteiger partial charge in [-0.05, 0) is 37.3 Å². The normalized spacial score (nSPS) is 12.2. The molecule has 0 spiro atoms. The van der Waals surface area contributed by atoms with Crippen molar-refractivity contribution in [1.82, 2.24) is 9.78 Å². The number of hydrogen-bond acceptors (Lipinski definition) is 6. The molecule has 12 heteroatoms. The van der Waals surface area contributed by atoms with E-state index in [1.54, 1.807) is 30.3 Å². The number of aromatic nitrogens is 2. The van der Waals surface area contributed by atoms with Gasteiger partial charge < -0.3 is 14.2 Å². The Morgan fingerprint density at radius 3 is 2.22 bits per heavy atom. The molecule has 36 heavy (non-hydrogen) atoms. The fourth-order valence-electron chi connectivity index (χ4n) is 3.39. The van der Waals surface area contributed by atoms with Crippen LogP contribution in [0.5, 0.6) is 17.4 Å². The van der Waals surface area contributed by atoms with Crippen LogP contribution >= 0.6 is 11.8 Å². The van der Waals surface area contributed by atoms with Crippen LogP contribution in [-0.4, -0.2) is 22.5 Å². The van der Waals surface area contributed by atoms with E-state index in [-0.39, 0.29) is 40.6 Å². The molecule has 0 bridgehead atoms. The molecule has 0 N–H and O–H groups in total. The largest absolute Gasteiger partial charge is 0.454 e. The average Bonchev–Trinajstić information content (AvgIpc) is 3.48. The third-order valence-corrected chi connectivity index (χ3v) is 6.37. The molecule has 0 fully saturated rings. The van der Waals surface area contributed by atoms with E-state index in [1.165, 1.54) is 29.8 Å². The van der Waals surface area contributed by atoms with E-state index in [0.717, 1.165) is 0 Å². The number of hydrogen-bond donors (Lipinski definition) is 0. The van der Waals surface area contributed by atoms with Crippen LogP contribution in [0.25, 0.3) is 5.69 Å². The van der Waals surface area contributed by atoms with Gasteiger partial charge in [0.05, 0.1) is 26.7 Å². The third-order valence-electron chi connectivity index (χ3n) is 5.14. The second-order valence-electron chi connectivity index (χ2n) is 7.43. The summed E-state index contributed by atoms with van der Waals surface area (Å²) in [5.74, 6) is -10.9. The van der Waals surface area contributed by atoms with E-state index in [4.69, 9.17) is 14.2 Å². The number of rotatable bonds is 5. The van der Waals surface area contributed by atoms with Crippen LogP contribution in [-0.2, 0) is 0 Å². The first-order valence-corrected chi connectivity index (χ1v) is 11.0. The molecule has 5 rings (SSSR count). The van der Waals surface area contributed by atoms with Gasteiger partial charge in [-0.2, -0.15) is 9.78 Å². The molecule has 1 aliphatic rings. The first-order chi connectivity index (χ1) is 17.3. The summed E-state index contributed by atoms with van der Waals surface area (Å²) in [6.45, 7) is 1.42. The number of fused-ring (bicyclic) bond motifs is 1. The minimum Gasteiger partial charge on any atom is -0.454 e. The van der Waals surface area contributed by atoms with Crippen molar-refractivity contribution < 1.29 is 41.0 Å². The molecule has 0 saturated carbocycles. The Hall–Kier alpha value is -4.06. The Bertz CT molecular complexity index is 1480. The molecule has 0 atom stereocenters. The Morgan fingerprint density at radius 2 is 1.53 bits per heavy atom. The SMILES string of the molecule is Cc1nn(-c2ccccc2)c(OC(=O)c2ccc3c(c2)OCO3)c1Sc1c(F)c(F)c(F)c(F)c1F. The van der Waals surface area contributed by atoms with Gasteiger partial charge in [0.25, 0.3) is 0 Å². The molecule has 6 nitrogen and oxygen atoms in total. The number of carbonyl (C=O) groups excluding carboxylic acids is 1. The Kier molecular flexibility index (Phi) is 6.04. The highest BCUT2D eigenvalue weighted by Crippen LogP contribution is 2.43. The lowest BCUT2D eigenvalue weighted by Crippen LogP contribution is -2.12. The summed E-state index contributed by atoms with van der Waals surface area (Å²) in [5.41, 5.74) is 0.588. The Labute approximate surface area is 204 Å². The maximum Gasteiger partial charge on any atom is 0.345 e. The van der Waals surface area contributed by atoms with Gasteiger partial charge in [-0.25, -0.2) is 26.7 Å². The van der Waals surface area contributed by atoms with Crippen LogP contribution < -0.4 is 14.2 Å². The molecule has 0 amide bonds. The fraction of sp³-hybridized carbons (Fsp3) is 0.0833. The van der Waals surface area contributed by atoms with E-state index in [1.807, 2.05) is 0 Å². The van der Waals surface area contributed by atoms with Crippen molar-refractivity contribution in [1.29, 1.82) is 0 Å². The lowest BCUT2D eigenvalue weighted by molar-refractivity contribution is 0.0718. The number of para-hydroxylation sites is 1. The van der Waals surface area contributed by atoms with Crippen molar-refractivity contribution >= 4 is 17.7 Å². The van der Waals surface area contributed by atoms with Crippen molar-refractivity contribution in [3.63, 3.8) is 0 Å².